The fourth-order valence-corrected chi connectivity index (χ4v) is 4.67. The third kappa shape index (κ3) is 4.24. The van der Waals surface area contributed by atoms with Crippen molar-refractivity contribution in [1.82, 2.24) is 5.32 Å². The Morgan fingerprint density at radius 3 is 2.56 bits per heavy atom. The molecule has 6 heteroatoms. The maximum atomic E-state index is 12.3. The van der Waals surface area contributed by atoms with Gasteiger partial charge in [0.2, 0.25) is 5.91 Å². The van der Waals surface area contributed by atoms with Gasteiger partial charge >= 0.3 is 0 Å². The van der Waals surface area contributed by atoms with Crippen molar-refractivity contribution in [3.63, 3.8) is 0 Å². The standard InChI is InChI=1S/C12H24N2O3S/c1-2-14-12(15)9-18(16,17)11-7-5-3-4-6-10(11)8-13/h10-11H,2-9,13H2,1H3,(H,14,15). The highest BCUT2D eigenvalue weighted by atomic mass is 32.2. The molecular weight excluding hydrogens is 252 g/mol. The van der Waals surface area contributed by atoms with Gasteiger partial charge in [0.15, 0.2) is 9.84 Å². The first-order valence-corrected chi connectivity index (χ1v) is 8.41. The number of hydrogen-bond acceptors (Lipinski definition) is 4. The predicted octanol–water partition coefficient (Wildman–Crippen LogP) is 0.445. The minimum atomic E-state index is -3.38. The zero-order chi connectivity index (χ0) is 13.6. The highest BCUT2D eigenvalue weighted by molar-refractivity contribution is 7.92. The normalized spacial score (nSPS) is 25.4. The molecule has 0 aromatic carbocycles. The molecule has 1 saturated carbocycles. The van der Waals surface area contributed by atoms with Crippen LogP contribution in [0.3, 0.4) is 0 Å². The molecule has 1 rings (SSSR count). The van der Waals surface area contributed by atoms with E-state index in [0.29, 0.717) is 19.5 Å². The molecule has 5 nitrogen and oxygen atoms in total. The van der Waals surface area contributed by atoms with E-state index in [2.05, 4.69) is 5.32 Å². The molecule has 0 aromatic rings. The first-order chi connectivity index (χ1) is 8.51. The van der Waals surface area contributed by atoms with Crippen LogP contribution in [-0.2, 0) is 14.6 Å². The maximum absolute atomic E-state index is 12.3. The van der Waals surface area contributed by atoms with Gasteiger partial charge in [0.05, 0.1) is 5.25 Å². The van der Waals surface area contributed by atoms with Gasteiger partial charge in [-0.3, -0.25) is 4.79 Å². The molecule has 0 radical (unpaired) electrons. The van der Waals surface area contributed by atoms with Gasteiger partial charge in [-0.25, -0.2) is 8.42 Å². The molecule has 2 atom stereocenters. The van der Waals surface area contributed by atoms with E-state index in [9.17, 15) is 13.2 Å². The SMILES string of the molecule is CCNC(=O)CS(=O)(=O)C1CCCCCC1CN. The van der Waals surface area contributed by atoms with E-state index >= 15 is 0 Å². The molecule has 2 unspecified atom stereocenters. The Bertz CT molecular complexity index is 368. The van der Waals surface area contributed by atoms with Crippen LogP contribution in [0.4, 0.5) is 0 Å². The minimum absolute atomic E-state index is 0.00641. The fraction of sp³-hybridized carbons (Fsp3) is 0.917. The first kappa shape index (κ1) is 15.4. The summed E-state index contributed by atoms with van der Waals surface area (Å²) in [6.07, 6.45) is 4.51. The van der Waals surface area contributed by atoms with Crippen LogP contribution in [0, 0.1) is 5.92 Å². The van der Waals surface area contributed by atoms with Gasteiger partial charge in [0.25, 0.3) is 0 Å². The van der Waals surface area contributed by atoms with E-state index in [-0.39, 0.29) is 5.92 Å². The third-order valence-corrected chi connectivity index (χ3v) is 5.77. The van der Waals surface area contributed by atoms with Crippen LogP contribution in [0.2, 0.25) is 0 Å². The van der Waals surface area contributed by atoms with Crippen LogP contribution in [0.25, 0.3) is 0 Å². The summed E-state index contributed by atoms with van der Waals surface area (Å²) in [6, 6.07) is 0. The van der Waals surface area contributed by atoms with Crippen LogP contribution < -0.4 is 11.1 Å². The molecule has 1 fully saturated rings. The van der Waals surface area contributed by atoms with Crippen molar-refractivity contribution >= 4 is 15.7 Å². The Morgan fingerprint density at radius 1 is 1.28 bits per heavy atom. The molecular formula is C12H24N2O3S. The van der Waals surface area contributed by atoms with Crippen molar-refractivity contribution in [3.8, 4) is 0 Å². The number of sulfone groups is 1. The van der Waals surface area contributed by atoms with E-state index in [4.69, 9.17) is 5.73 Å². The smallest absolute Gasteiger partial charge is 0.235 e. The predicted molar refractivity (Wildman–Crippen MR) is 71.9 cm³/mol. The molecule has 1 aliphatic rings. The lowest BCUT2D eigenvalue weighted by Crippen LogP contribution is -2.40. The number of carbonyl (C=O) groups is 1. The zero-order valence-electron chi connectivity index (χ0n) is 11.0. The lowest BCUT2D eigenvalue weighted by atomic mass is 10.0. The van der Waals surface area contributed by atoms with E-state index < -0.39 is 26.7 Å². The molecule has 0 spiro atoms. The zero-order valence-corrected chi connectivity index (χ0v) is 11.8. The van der Waals surface area contributed by atoms with Gasteiger partial charge in [-0.1, -0.05) is 19.3 Å². The van der Waals surface area contributed by atoms with Gasteiger partial charge in [-0.05, 0) is 32.2 Å². The van der Waals surface area contributed by atoms with E-state index in [0.717, 1.165) is 25.7 Å². The van der Waals surface area contributed by atoms with E-state index in [1.54, 1.807) is 6.92 Å². The Hall–Kier alpha value is -0.620. The molecule has 1 aliphatic carbocycles. The summed E-state index contributed by atoms with van der Waals surface area (Å²) < 4.78 is 24.6. The Balaban J connectivity index is 2.76. The van der Waals surface area contributed by atoms with Gasteiger partial charge < -0.3 is 11.1 Å². The van der Waals surface area contributed by atoms with Crippen molar-refractivity contribution < 1.29 is 13.2 Å². The van der Waals surface area contributed by atoms with Crippen LogP contribution in [-0.4, -0.2) is 38.4 Å². The second kappa shape index (κ2) is 7.09. The summed E-state index contributed by atoms with van der Waals surface area (Å²) in [5, 5.41) is 2.10. The second-order valence-electron chi connectivity index (χ2n) is 4.93. The highest BCUT2D eigenvalue weighted by Gasteiger charge is 2.34. The summed E-state index contributed by atoms with van der Waals surface area (Å²) >= 11 is 0. The quantitative estimate of drug-likeness (QED) is 0.713. The first-order valence-electron chi connectivity index (χ1n) is 6.69. The number of nitrogens with one attached hydrogen (secondary N) is 1. The Kier molecular flexibility index (Phi) is 6.08. The third-order valence-electron chi connectivity index (χ3n) is 3.56. The number of amides is 1. The number of rotatable bonds is 5. The number of carbonyl (C=O) groups excluding carboxylic acids is 1. The molecule has 106 valence electrons. The average molecular weight is 276 g/mol. The molecule has 0 heterocycles. The fourth-order valence-electron chi connectivity index (χ4n) is 2.63. The minimum Gasteiger partial charge on any atom is -0.356 e. The summed E-state index contributed by atoms with van der Waals surface area (Å²) in [5.74, 6) is -0.799. The van der Waals surface area contributed by atoms with Gasteiger partial charge in [-0.15, -0.1) is 0 Å². The molecule has 0 aliphatic heterocycles. The topological polar surface area (TPSA) is 89.3 Å². The molecule has 0 bridgehead atoms. The Morgan fingerprint density at radius 2 is 1.94 bits per heavy atom. The van der Waals surface area contributed by atoms with Crippen LogP contribution in [0.15, 0.2) is 0 Å². The monoisotopic (exact) mass is 276 g/mol. The summed E-state index contributed by atoms with van der Waals surface area (Å²) in [4.78, 5) is 11.5. The summed E-state index contributed by atoms with van der Waals surface area (Å²) in [6.45, 7) is 2.62. The van der Waals surface area contributed by atoms with Gasteiger partial charge in [0, 0.05) is 6.54 Å². The molecule has 1 amide bonds. The molecule has 18 heavy (non-hydrogen) atoms. The van der Waals surface area contributed by atoms with E-state index in [1.165, 1.54) is 0 Å². The highest BCUT2D eigenvalue weighted by Crippen LogP contribution is 2.28. The van der Waals surface area contributed by atoms with Crippen molar-refractivity contribution in [2.75, 3.05) is 18.8 Å². The average Bonchev–Trinajstić information content (AvgIpc) is 2.53. The largest absolute Gasteiger partial charge is 0.356 e. The van der Waals surface area contributed by atoms with Crippen molar-refractivity contribution in [3.05, 3.63) is 0 Å². The summed E-state index contributed by atoms with van der Waals surface area (Å²) in [7, 11) is -3.38. The maximum Gasteiger partial charge on any atom is 0.235 e. The molecule has 0 aromatic heterocycles. The van der Waals surface area contributed by atoms with Crippen molar-refractivity contribution in [2.24, 2.45) is 11.7 Å². The second-order valence-corrected chi connectivity index (χ2v) is 7.15. The van der Waals surface area contributed by atoms with Crippen LogP contribution in [0.1, 0.15) is 39.0 Å². The van der Waals surface area contributed by atoms with E-state index in [1.807, 2.05) is 0 Å². The van der Waals surface area contributed by atoms with Gasteiger partial charge in [-0.2, -0.15) is 0 Å². The summed E-state index contributed by atoms with van der Waals surface area (Å²) in [5.41, 5.74) is 5.68. The number of hydrogen-bond donors (Lipinski definition) is 2. The van der Waals surface area contributed by atoms with Crippen molar-refractivity contribution in [1.29, 1.82) is 0 Å². The molecule has 0 saturated heterocycles. The molecule has 3 N–H and O–H groups in total. The Labute approximate surface area is 109 Å². The van der Waals surface area contributed by atoms with Crippen molar-refractivity contribution in [2.45, 2.75) is 44.3 Å². The number of nitrogens with two attached hydrogens (primary N) is 1. The lowest BCUT2D eigenvalue weighted by molar-refractivity contribution is -0.118. The van der Waals surface area contributed by atoms with Gasteiger partial charge in [0.1, 0.15) is 5.75 Å². The lowest BCUT2D eigenvalue weighted by Gasteiger charge is -2.23. The van der Waals surface area contributed by atoms with Crippen LogP contribution >= 0.6 is 0 Å². The van der Waals surface area contributed by atoms with Crippen LogP contribution in [0.5, 0.6) is 0 Å².